The number of nitro groups is 1. The van der Waals surface area contributed by atoms with Crippen LogP contribution >= 0.6 is 11.8 Å². The summed E-state index contributed by atoms with van der Waals surface area (Å²) in [6.45, 7) is 4.26. The summed E-state index contributed by atoms with van der Waals surface area (Å²) in [5.74, 6) is 0.495. The van der Waals surface area contributed by atoms with Crippen LogP contribution < -0.4 is 4.74 Å². The van der Waals surface area contributed by atoms with Crippen LogP contribution in [0.25, 0.3) is 17.4 Å². The average Bonchev–Trinajstić information content (AvgIpc) is 3.47. The summed E-state index contributed by atoms with van der Waals surface area (Å²) in [4.78, 5) is 42.2. The molecule has 0 unspecified atom stereocenters. The number of furan rings is 1. The van der Waals surface area contributed by atoms with Crippen molar-refractivity contribution in [3.8, 4) is 17.1 Å². The molecule has 0 spiro atoms. The third-order valence-electron chi connectivity index (χ3n) is 5.35. The SMILES string of the molecule is CCOC(=O)c1cccc(N=C2SC(=Cc3ccc(-c4ccc([N+](=O)[O-])cc4OC)o3)C(=O)N2CC)c1. The maximum atomic E-state index is 13.0. The molecule has 190 valence electrons. The first kappa shape index (κ1) is 25.7. The summed E-state index contributed by atoms with van der Waals surface area (Å²) in [5.41, 5.74) is 1.34. The summed E-state index contributed by atoms with van der Waals surface area (Å²) < 4.78 is 16.3. The number of benzene rings is 2. The van der Waals surface area contributed by atoms with Crippen LogP contribution in [0.5, 0.6) is 5.75 Å². The molecule has 1 amide bonds. The number of carbonyl (C=O) groups excluding carboxylic acids is 2. The van der Waals surface area contributed by atoms with Gasteiger partial charge in [0.15, 0.2) is 5.17 Å². The van der Waals surface area contributed by atoms with E-state index in [1.165, 1.54) is 35.9 Å². The Bertz CT molecular complexity index is 1430. The van der Waals surface area contributed by atoms with Crippen molar-refractivity contribution in [2.24, 2.45) is 4.99 Å². The molecule has 0 radical (unpaired) electrons. The predicted octanol–water partition coefficient (Wildman–Crippen LogP) is 5.66. The lowest BCUT2D eigenvalue weighted by molar-refractivity contribution is -0.384. The minimum Gasteiger partial charge on any atom is -0.496 e. The number of esters is 1. The monoisotopic (exact) mass is 521 g/mol. The van der Waals surface area contributed by atoms with Gasteiger partial charge >= 0.3 is 5.97 Å². The van der Waals surface area contributed by atoms with Gasteiger partial charge in [0.05, 0.1) is 46.4 Å². The molecule has 10 nitrogen and oxygen atoms in total. The average molecular weight is 522 g/mol. The van der Waals surface area contributed by atoms with Crippen LogP contribution in [0.1, 0.15) is 30.0 Å². The van der Waals surface area contributed by atoms with Gasteiger partial charge in [-0.25, -0.2) is 9.79 Å². The number of aliphatic imine (C=N–C) groups is 1. The van der Waals surface area contributed by atoms with Crippen LogP contribution in [0.15, 0.2) is 68.9 Å². The second-order valence-corrected chi connectivity index (χ2v) is 8.68. The molecule has 1 aliphatic rings. The fourth-order valence-corrected chi connectivity index (χ4v) is 4.64. The zero-order valence-corrected chi connectivity index (χ0v) is 21.1. The molecule has 2 aromatic carbocycles. The second-order valence-electron chi connectivity index (χ2n) is 7.67. The summed E-state index contributed by atoms with van der Waals surface area (Å²) in [5, 5.41) is 11.5. The maximum absolute atomic E-state index is 13.0. The number of carbonyl (C=O) groups is 2. The van der Waals surface area contributed by atoms with Crippen molar-refractivity contribution >= 4 is 46.3 Å². The number of likely N-dealkylation sites (N-methyl/N-ethyl adjacent to an activating group) is 1. The normalized spacial score (nSPS) is 15.4. The molecule has 2 heterocycles. The van der Waals surface area contributed by atoms with Crippen molar-refractivity contribution in [3.63, 3.8) is 0 Å². The number of thioether (sulfide) groups is 1. The van der Waals surface area contributed by atoms with Gasteiger partial charge in [0.2, 0.25) is 0 Å². The third kappa shape index (κ3) is 5.56. The molecule has 1 aliphatic heterocycles. The first-order valence-electron chi connectivity index (χ1n) is 11.3. The Balaban J connectivity index is 1.60. The predicted molar refractivity (Wildman–Crippen MR) is 140 cm³/mol. The quantitative estimate of drug-likeness (QED) is 0.161. The molecule has 11 heteroatoms. The van der Waals surface area contributed by atoms with Gasteiger partial charge < -0.3 is 13.9 Å². The minimum absolute atomic E-state index is 0.0956. The van der Waals surface area contributed by atoms with Crippen LogP contribution in [-0.4, -0.2) is 47.1 Å². The van der Waals surface area contributed by atoms with E-state index >= 15 is 0 Å². The second kappa shape index (κ2) is 11.1. The molecule has 1 saturated heterocycles. The zero-order chi connectivity index (χ0) is 26.5. The summed E-state index contributed by atoms with van der Waals surface area (Å²) in [6.07, 6.45) is 1.62. The number of hydrogen-bond acceptors (Lipinski definition) is 9. The highest BCUT2D eigenvalue weighted by atomic mass is 32.2. The number of non-ortho nitro benzene ring substituents is 1. The van der Waals surface area contributed by atoms with E-state index in [2.05, 4.69) is 4.99 Å². The number of nitrogens with zero attached hydrogens (tertiary/aromatic N) is 3. The fourth-order valence-electron chi connectivity index (χ4n) is 3.60. The molecule has 3 aromatic rings. The Morgan fingerprint density at radius 1 is 1.19 bits per heavy atom. The van der Waals surface area contributed by atoms with Gasteiger partial charge in [-0.3, -0.25) is 19.8 Å². The van der Waals surface area contributed by atoms with Crippen LogP contribution in [-0.2, 0) is 9.53 Å². The molecule has 1 aromatic heterocycles. The van der Waals surface area contributed by atoms with Gasteiger partial charge in [-0.15, -0.1) is 0 Å². The number of amides is 1. The molecule has 0 saturated carbocycles. The van der Waals surface area contributed by atoms with Gasteiger partial charge in [-0.2, -0.15) is 0 Å². The van der Waals surface area contributed by atoms with Gasteiger partial charge in [-0.05, 0) is 62.0 Å². The van der Waals surface area contributed by atoms with E-state index in [4.69, 9.17) is 13.9 Å². The first-order valence-corrected chi connectivity index (χ1v) is 12.2. The number of nitro benzene ring substituents is 1. The topological polar surface area (TPSA) is 124 Å². The molecule has 4 rings (SSSR count). The third-order valence-corrected chi connectivity index (χ3v) is 6.35. The summed E-state index contributed by atoms with van der Waals surface area (Å²) >= 11 is 1.20. The summed E-state index contributed by atoms with van der Waals surface area (Å²) in [7, 11) is 1.42. The fraction of sp³-hybridized carbons (Fsp3) is 0.192. The molecule has 0 aliphatic carbocycles. The van der Waals surface area contributed by atoms with Crippen LogP contribution in [0.3, 0.4) is 0 Å². The first-order chi connectivity index (χ1) is 17.8. The minimum atomic E-state index is -0.501. The Labute approximate surface area is 216 Å². The highest BCUT2D eigenvalue weighted by Gasteiger charge is 2.32. The van der Waals surface area contributed by atoms with E-state index in [-0.39, 0.29) is 18.2 Å². The van der Waals surface area contributed by atoms with Gasteiger partial charge in [0.25, 0.3) is 11.6 Å². The molecular formula is C26H23N3O7S. The number of hydrogen-bond donors (Lipinski definition) is 0. The number of rotatable bonds is 8. The lowest BCUT2D eigenvalue weighted by atomic mass is 10.1. The van der Waals surface area contributed by atoms with E-state index in [1.54, 1.807) is 55.5 Å². The lowest BCUT2D eigenvalue weighted by Gasteiger charge is -2.12. The standard InChI is InChI=1S/C26H23N3O7S/c1-4-28-24(30)23(37-26(28)27-17-8-6-7-16(13-17)25(31)35-5-2)15-19-10-12-21(36-19)20-11-9-18(29(32)33)14-22(20)34-3/h6-15H,4-5H2,1-3H3. The van der Waals surface area contributed by atoms with E-state index in [0.717, 1.165) is 0 Å². The van der Waals surface area contributed by atoms with E-state index in [1.807, 2.05) is 6.92 Å². The Morgan fingerprint density at radius 2 is 2.00 bits per heavy atom. The van der Waals surface area contributed by atoms with Crippen LogP contribution in [0.4, 0.5) is 11.4 Å². The largest absolute Gasteiger partial charge is 0.496 e. The van der Waals surface area contributed by atoms with Gasteiger partial charge in [-0.1, -0.05) is 6.07 Å². The van der Waals surface area contributed by atoms with E-state index in [9.17, 15) is 19.7 Å². The van der Waals surface area contributed by atoms with Crippen molar-refractivity contribution < 1.29 is 28.4 Å². The maximum Gasteiger partial charge on any atom is 0.338 e. The number of methoxy groups -OCH3 is 1. The molecule has 0 N–H and O–H groups in total. The highest BCUT2D eigenvalue weighted by molar-refractivity contribution is 8.18. The molecule has 0 atom stereocenters. The van der Waals surface area contributed by atoms with Crippen molar-refractivity contribution in [3.05, 3.63) is 80.9 Å². The van der Waals surface area contributed by atoms with Crippen molar-refractivity contribution in [2.45, 2.75) is 13.8 Å². The van der Waals surface area contributed by atoms with Crippen molar-refractivity contribution in [1.82, 2.24) is 4.90 Å². The van der Waals surface area contributed by atoms with Gasteiger partial charge in [0, 0.05) is 18.7 Å². The van der Waals surface area contributed by atoms with Crippen molar-refractivity contribution in [2.75, 3.05) is 20.3 Å². The van der Waals surface area contributed by atoms with Crippen molar-refractivity contribution in [1.29, 1.82) is 0 Å². The molecular weight excluding hydrogens is 498 g/mol. The number of amidine groups is 1. The van der Waals surface area contributed by atoms with E-state index in [0.29, 0.717) is 50.7 Å². The molecule has 0 bridgehead atoms. The Hall–Kier alpha value is -4.38. The summed E-state index contributed by atoms with van der Waals surface area (Å²) in [6, 6.07) is 14.4. The Morgan fingerprint density at radius 3 is 2.70 bits per heavy atom. The highest BCUT2D eigenvalue weighted by Crippen LogP contribution is 2.37. The smallest absolute Gasteiger partial charge is 0.338 e. The molecule has 1 fully saturated rings. The number of ether oxygens (including phenoxy) is 2. The van der Waals surface area contributed by atoms with Gasteiger partial charge in [0.1, 0.15) is 17.3 Å². The zero-order valence-electron chi connectivity index (χ0n) is 20.3. The van der Waals surface area contributed by atoms with Crippen LogP contribution in [0.2, 0.25) is 0 Å². The Kier molecular flexibility index (Phi) is 7.73. The molecule has 37 heavy (non-hydrogen) atoms. The van der Waals surface area contributed by atoms with Crippen LogP contribution in [0, 0.1) is 10.1 Å². The lowest BCUT2D eigenvalue weighted by Crippen LogP contribution is -2.28. The van der Waals surface area contributed by atoms with E-state index < -0.39 is 10.9 Å².